The summed E-state index contributed by atoms with van der Waals surface area (Å²) in [6.45, 7) is 4.34. The minimum absolute atomic E-state index is 0.225. The van der Waals surface area contributed by atoms with Crippen LogP contribution in [0, 0.1) is 0 Å². The maximum Gasteiger partial charge on any atom is 0.114 e. The second kappa shape index (κ2) is 10.1. The van der Waals surface area contributed by atoms with Crippen molar-refractivity contribution in [1.82, 2.24) is 9.55 Å². The highest BCUT2D eigenvalue weighted by molar-refractivity contribution is 6.35. The Bertz CT molecular complexity index is 1460. The van der Waals surface area contributed by atoms with E-state index >= 15 is 0 Å². The lowest BCUT2D eigenvalue weighted by Crippen LogP contribution is -2.07. The topological polar surface area (TPSA) is 30.2 Å². The Balaban J connectivity index is 1.61. The minimum Gasteiger partial charge on any atom is -0.325 e. The number of halogens is 2. The number of rotatable bonds is 6. The first kappa shape index (κ1) is 23.3. The van der Waals surface area contributed by atoms with Crippen LogP contribution in [-0.2, 0) is 6.42 Å². The lowest BCUT2D eigenvalue weighted by atomic mass is 10.0. The van der Waals surface area contributed by atoms with Crippen LogP contribution in [0.2, 0.25) is 10.0 Å². The number of imidazole rings is 1. The molecule has 0 N–H and O–H groups in total. The van der Waals surface area contributed by atoms with Crippen molar-refractivity contribution < 1.29 is 0 Å². The molecule has 5 aromatic rings. The fraction of sp³-hybridized carbons (Fsp3) is 0.133. The second-order valence-corrected chi connectivity index (χ2v) is 9.61. The molecule has 5 rings (SSSR count). The van der Waals surface area contributed by atoms with Crippen molar-refractivity contribution in [3.05, 3.63) is 130 Å². The third kappa shape index (κ3) is 5.02. The van der Waals surface area contributed by atoms with Crippen molar-refractivity contribution in [2.24, 2.45) is 4.99 Å². The van der Waals surface area contributed by atoms with Gasteiger partial charge in [-0.3, -0.25) is 0 Å². The molecular formula is C30H25Cl2N3. The molecule has 0 saturated heterocycles. The SMILES string of the molecule is CC(C)n1c(Cc2ccc(Cl)cc2Cl)nc2ccc(N=C(c3ccccc3)c3ccccc3)cc21. The maximum absolute atomic E-state index is 6.47. The van der Waals surface area contributed by atoms with Gasteiger partial charge in [-0.05, 0) is 49.7 Å². The van der Waals surface area contributed by atoms with Crippen LogP contribution >= 0.6 is 23.2 Å². The van der Waals surface area contributed by atoms with E-state index in [-0.39, 0.29) is 6.04 Å². The molecule has 0 spiro atoms. The molecule has 35 heavy (non-hydrogen) atoms. The Morgan fingerprint density at radius 3 is 2.09 bits per heavy atom. The molecule has 0 aliphatic heterocycles. The number of nitrogens with zero attached hydrogens (tertiary/aromatic N) is 3. The summed E-state index contributed by atoms with van der Waals surface area (Å²) in [6.07, 6.45) is 0.626. The Labute approximate surface area is 215 Å². The van der Waals surface area contributed by atoms with Crippen LogP contribution in [0.3, 0.4) is 0 Å². The van der Waals surface area contributed by atoms with Crippen molar-refractivity contribution in [2.75, 3.05) is 0 Å². The number of hydrogen-bond acceptors (Lipinski definition) is 2. The van der Waals surface area contributed by atoms with Gasteiger partial charge >= 0.3 is 0 Å². The summed E-state index contributed by atoms with van der Waals surface area (Å²) < 4.78 is 2.27. The second-order valence-electron chi connectivity index (χ2n) is 8.77. The molecule has 4 aromatic carbocycles. The molecule has 0 amide bonds. The average molecular weight is 498 g/mol. The van der Waals surface area contributed by atoms with Gasteiger partial charge in [0.25, 0.3) is 0 Å². The summed E-state index contributed by atoms with van der Waals surface area (Å²) in [4.78, 5) is 10.1. The molecule has 0 saturated carbocycles. The fourth-order valence-electron chi connectivity index (χ4n) is 4.35. The Morgan fingerprint density at radius 1 is 0.829 bits per heavy atom. The van der Waals surface area contributed by atoms with Gasteiger partial charge in [0, 0.05) is 33.6 Å². The van der Waals surface area contributed by atoms with Gasteiger partial charge in [-0.25, -0.2) is 9.98 Å². The normalized spacial score (nSPS) is 11.2. The van der Waals surface area contributed by atoms with Gasteiger partial charge in [-0.2, -0.15) is 0 Å². The number of aliphatic imine (C=N–C) groups is 1. The smallest absolute Gasteiger partial charge is 0.114 e. The quantitative estimate of drug-likeness (QED) is 0.215. The average Bonchev–Trinajstić information content (AvgIpc) is 3.23. The number of aromatic nitrogens is 2. The van der Waals surface area contributed by atoms with E-state index in [1.54, 1.807) is 6.07 Å². The third-order valence-corrected chi connectivity index (χ3v) is 6.55. The summed E-state index contributed by atoms with van der Waals surface area (Å²) in [5.41, 5.74) is 6.98. The summed E-state index contributed by atoms with van der Waals surface area (Å²) in [5.74, 6) is 0.965. The zero-order valence-corrected chi connectivity index (χ0v) is 21.1. The predicted octanol–water partition coefficient (Wildman–Crippen LogP) is 8.68. The van der Waals surface area contributed by atoms with E-state index in [0.29, 0.717) is 16.5 Å². The Morgan fingerprint density at radius 2 is 1.49 bits per heavy atom. The van der Waals surface area contributed by atoms with E-state index in [4.69, 9.17) is 33.2 Å². The van der Waals surface area contributed by atoms with E-state index in [9.17, 15) is 0 Å². The van der Waals surface area contributed by atoms with Crippen LogP contribution < -0.4 is 0 Å². The third-order valence-electron chi connectivity index (χ3n) is 5.96. The molecule has 0 unspecified atom stereocenters. The zero-order valence-electron chi connectivity index (χ0n) is 19.6. The van der Waals surface area contributed by atoms with Crippen molar-refractivity contribution in [3.8, 4) is 0 Å². The lowest BCUT2D eigenvalue weighted by molar-refractivity contribution is 0.591. The highest BCUT2D eigenvalue weighted by Crippen LogP contribution is 2.30. The van der Waals surface area contributed by atoms with Gasteiger partial charge in [0.1, 0.15) is 5.82 Å². The molecule has 0 fully saturated rings. The lowest BCUT2D eigenvalue weighted by Gasteiger charge is -2.14. The minimum atomic E-state index is 0.225. The molecule has 1 aromatic heterocycles. The van der Waals surface area contributed by atoms with Crippen molar-refractivity contribution in [2.45, 2.75) is 26.3 Å². The monoisotopic (exact) mass is 497 g/mol. The van der Waals surface area contributed by atoms with Crippen molar-refractivity contribution >= 4 is 45.6 Å². The van der Waals surface area contributed by atoms with Crippen LogP contribution in [0.1, 0.15) is 42.4 Å². The van der Waals surface area contributed by atoms with Crippen LogP contribution in [0.25, 0.3) is 11.0 Å². The molecule has 0 bridgehead atoms. The zero-order chi connectivity index (χ0) is 24.4. The molecule has 0 radical (unpaired) electrons. The highest BCUT2D eigenvalue weighted by Gasteiger charge is 2.16. The van der Waals surface area contributed by atoms with E-state index in [2.05, 4.69) is 48.7 Å². The Hall–Kier alpha value is -3.40. The van der Waals surface area contributed by atoms with Crippen LogP contribution in [0.5, 0.6) is 0 Å². The van der Waals surface area contributed by atoms with Gasteiger partial charge in [-0.15, -0.1) is 0 Å². The highest BCUT2D eigenvalue weighted by atomic mass is 35.5. The summed E-state index contributed by atoms with van der Waals surface area (Å²) >= 11 is 12.6. The molecular weight excluding hydrogens is 473 g/mol. The van der Waals surface area contributed by atoms with E-state index in [1.165, 1.54) is 0 Å². The summed E-state index contributed by atoms with van der Waals surface area (Å²) in [6, 6.07) is 32.6. The number of hydrogen-bond donors (Lipinski definition) is 0. The van der Waals surface area contributed by atoms with Gasteiger partial charge < -0.3 is 4.57 Å². The molecule has 1 heterocycles. The standard InChI is InChI=1S/C30H25Cl2N3/c1-20(2)35-28-19-25(33-30(21-9-5-3-6-10-21)22-11-7-4-8-12-22)15-16-27(28)34-29(35)17-23-13-14-24(31)18-26(23)32/h3-16,18-20H,17H2,1-2H3. The van der Waals surface area contributed by atoms with E-state index in [1.807, 2.05) is 60.7 Å². The van der Waals surface area contributed by atoms with E-state index < -0.39 is 0 Å². The van der Waals surface area contributed by atoms with Gasteiger partial charge in [0.2, 0.25) is 0 Å². The van der Waals surface area contributed by atoms with Gasteiger partial charge in [0.05, 0.1) is 22.4 Å². The van der Waals surface area contributed by atoms with Crippen LogP contribution in [0.15, 0.2) is 102 Å². The first-order chi connectivity index (χ1) is 17.0. The molecule has 174 valence electrons. The van der Waals surface area contributed by atoms with Crippen LogP contribution in [0.4, 0.5) is 5.69 Å². The summed E-state index contributed by atoms with van der Waals surface area (Å²) in [7, 11) is 0. The first-order valence-corrected chi connectivity index (χ1v) is 12.4. The van der Waals surface area contributed by atoms with E-state index in [0.717, 1.165) is 44.9 Å². The van der Waals surface area contributed by atoms with Crippen molar-refractivity contribution in [3.63, 3.8) is 0 Å². The summed E-state index contributed by atoms with van der Waals surface area (Å²) in [5, 5.41) is 1.28. The molecule has 3 nitrogen and oxygen atoms in total. The fourth-order valence-corrected chi connectivity index (χ4v) is 4.83. The molecule has 0 atom stereocenters. The first-order valence-electron chi connectivity index (χ1n) is 11.6. The Kier molecular flexibility index (Phi) is 6.72. The number of fused-ring (bicyclic) bond motifs is 1. The molecule has 5 heteroatoms. The van der Waals surface area contributed by atoms with Gasteiger partial charge in [0.15, 0.2) is 0 Å². The molecule has 0 aliphatic carbocycles. The number of benzene rings is 4. The predicted molar refractivity (Wildman–Crippen MR) is 148 cm³/mol. The van der Waals surface area contributed by atoms with Crippen molar-refractivity contribution in [1.29, 1.82) is 0 Å². The molecule has 0 aliphatic rings. The van der Waals surface area contributed by atoms with Crippen LogP contribution in [-0.4, -0.2) is 15.3 Å². The van der Waals surface area contributed by atoms with Gasteiger partial charge in [-0.1, -0.05) is 89.9 Å². The largest absolute Gasteiger partial charge is 0.325 e. The maximum atomic E-state index is 6.47.